The Balaban J connectivity index is 1.99. The molecule has 0 saturated carbocycles. The fourth-order valence-corrected chi connectivity index (χ4v) is 2.68. The minimum absolute atomic E-state index is 0.214. The van der Waals surface area contributed by atoms with E-state index in [2.05, 4.69) is 5.32 Å². The molecule has 1 saturated heterocycles. The summed E-state index contributed by atoms with van der Waals surface area (Å²) in [4.78, 5) is 35.9. The Hall–Kier alpha value is -1.24. The summed E-state index contributed by atoms with van der Waals surface area (Å²) in [6.45, 7) is -0.293. The molecule has 0 spiro atoms. The first kappa shape index (κ1) is 15.2. The molecular formula is C12H10Cl2N2O3S. The first-order valence-electron chi connectivity index (χ1n) is 5.63. The number of hydrogen-bond acceptors (Lipinski definition) is 4. The molecule has 0 aliphatic carbocycles. The second-order valence-electron chi connectivity index (χ2n) is 4.04. The molecule has 8 heteroatoms. The molecule has 0 aromatic heterocycles. The quantitative estimate of drug-likeness (QED) is 0.860. The first-order valence-corrected chi connectivity index (χ1v) is 7.54. The Morgan fingerprint density at radius 2 is 1.85 bits per heavy atom. The monoisotopic (exact) mass is 332 g/mol. The van der Waals surface area contributed by atoms with E-state index in [0.29, 0.717) is 15.7 Å². The maximum absolute atomic E-state index is 11.8. The van der Waals surface area contributed by atoms with Crippen LogP contribution in [0.5, 0.6) is 0 Å². The minimum atomic E-state index is -0.461. The number of rotatable bonds is 3. The van der Waals surface area contributed by atoms with E-state index in [9.17, 15) is 14.4 Å². The first-order chi connectivity index (χ1) is 9.47. The molecule has 1 fully saturated rings. The van der Waals surface area contributed by atoms with Gasteiger partial charge in [-0.3, -0.25) is 19.3 Å². The summed E-state index contributed by atoms with van der Waals surface area (Å²) in [5.74, 6) is -0.736. The van der Waals surface area contributed by atoms with Crippen molar-refractivity contribution in [3.63, 3.8) is 0 Å². The molecule has 2 rings (SSSR count). The Morgan fingerprint density at radius 3 is 2.45 bits per heavy atom. The summed E-state index contributed by atoms with van der Waals surface area (Å²) in [5.41, 5.74) is 0.454. The van der Waals surface area contributed by atoms with Gasteiger partial charge in [0.25, 0.3) is 0 Å². The van der Waals surface area contributed by atoms with Gasteiger partial charge in [-0.25, -0.2) is 0 Å². The van der Waals surface area contributed by atoms with Crippen LogP contribution in [0.4, 0.5) is 5.69 Å². The van der Waals surface area contributed by atoms with Crippen LogP contribution >= 0.6 is 35.0 Å². The highest BCUT2D eigenvalue weighted by molar-refractivity contribution is 8.00. The molecule has 1 aromatic carbocycles. The van der Waals surface area contributed by atoms with Crippen LogP contribution in [0.15, 0.2) is 18.2 Å². The molecule has 1 aromatic rings. The zero-order chi connectivity index (χ0) is 14.7. The Labute approximate surface area is 129 Å². The van der Waals surface area contributed by atoms with E-state index < -0.39 is 5.91 Å². The topological polar surface area (TPSA) is 66.5 Å². The molecule has 0 radical (unpaired) electrons. The van der Waals surface area contributed by atoms with Crippen molar-refractivity contribution in [2.75, 3.05) is 23.4 Å². The number of hydrogen-bond donors (Lipinski definition) is 1. The van der Waals surface area contributed by atoms with Crippen LogP contribution in [-0.2, 0) is 14.4 Å². The average molecular weight is 333 g/mol. The Bertz CT molecular complexity index is 564. The van der Waals surface area contributed by atoms with Gasteiger partial charge < -0.3 is 5.32 Å². The molecule has 5 nitrogen and oxygen atoms in total. The molecule has 20 heavy (non-hydrogen) atoms. The fourth-order valence-electron chi connectivity index (χ4n) is 1.61. The lowest BCUT2D eigenvalue weighted by molar-refractivity contribution is -0.144. The van der Waals surface area contributed by atoms with Crippen molar-refractivity contribution in [3.8, 4) is 0 Å². The Morgan fingerprint density at radius 1 is 1.20 bits per heavy atom. The van der Waals surface area contributed by atoms with Gasteiger partial charge in [0.1, 0.15) is 6.54 Å². The minimum Gasteiger partial charge on any atom is -0.324 e. The van der Waals surface area contributed by atoms with E-state index in [4.69, 9.17) is 23.2 Å². The molecule has 1 N–H and O–H groups in total. The lowest BCUT2D eigenvalue weighted by Crippen LogP contribution is -2.46. The number of anilines is 1. The number of thioether (sulfide) groups is 1. The summed E-state index contributed by atoms with van der Waals surface area (Å²) in [6.07, 6.45) is 0. The molecular weight excluding hydrogens is 323 g/mol. The van der Waals surface area contributed by atoms with Gasteiger partial charge in [0.15, 0.2) is 0 Å². The molecule has 1 heterocycles. The number of imide groups is 1. The van der Waals surface area contributed by atoms with Crippen molar-refractivity contribution in [2.24, 2.45) is 0 Å². The lowest BCUT2D eigenvalue weighted by Gasteiger charge is -2.23. The van der Waals surface area contributed by atoms with Gasteiger partial charge in [0.2, 0.25) is 17.7 Å². The fraction of sp³-hybridized carbons (Fsp3) is 0.250. The average Bonchev–Trinajstić information content (AvgIpc) is 2.38. The summed E-state index contributed by atoms with van der Waals surface area (Å²) >= 11 is 12.8. The maximum Gasteiger partial charge on any atom is 0.244 e. The number of carbonyl (C=O) groups excluding carboxylic acids is 3. The van der Waals surface area contributed by atoms with Crippen LogP contribution in [0.2, 0.25) is 10.0 Å². The van der Waals surface area contributed by atoms with Gasteiger partial charge in [-0.15, -0.1) is 11.8 Å². The highest BCUT2D eigenvalue weighted by Gasteiger charge is 2.28. The van der Waals surface area contributed by atoms with Gasteiger partial charge in [0, 0.05) is 5.69 Å². The van der Waals surface area contributed by atoms with E-state index >= 15 is 0 Å². The van der Waals surface area contributed by atoms with Crippen molar-refractivity contribution in [1.29, 1.82) is 0 Å². The van der Waals surface area contributed by atoms with Crippen molar-refractivity contribution < 1.29 is 14.4 Å². The van der Waals surface area contributed by atoms with Gasteiger partial charge >= 0.3 is 0 Å². The van der Waals surface area contributed by atoms with E-state index in [1.165, 1.54) is 17.8 Å². The van der Waals surface area contributed by atoms with Crippen LogP contribution in [0.1, 0.15) is 0 Å². The third-order valence-electron chi connectivity index (χ3n) is 2.56. The predicted molar refractivity (Wildman–Crippen MR) is 79.1 cm³/mol. The van der Waals surface area contributed by atoms with Crippen LogP contribution in [0, 0.1) is 0 Å². The third kappa shape index (κ3) is 3.65. The van der Waals surface area contributed by atoms with Crippen molar-refractivity contribution in [3.05, 3.63) is 28.2 Å². The summed E-state index contributed by atoms with van der Waals surface area (Å²) in [6, 6.07) is 4.63. The third-order valence-corrected chi connectivity index (χ3v) is 4.20. The van der Waals surface area contributed by atoms with E-state index in [-0.39, 0.29) is 29.9 Å². The predicted octanol–water partition coefficient (Wildman–Crippen LogP) is 2.03. The van der Waals surface area contributed by atoms with Crippen LogP contribution in [-0.4, -0.2) is 40.7 Å². The molecule has 106 valence electrons. The molecule has 1 aliphatic rings. The number of amides is 3. The van der Waals surface area contributed by atoms with Crippen molar-refractivity contribution in [2.45, 2.75) is 0 Å². The molecule has 0 bridgehead atoms. The number of nitrogens with zero attached hydrogens (tertiary/aromatic N) is 1. The zero-order valence-electron chi connectivity index (χ0n) is 10.2. The highest BCUT2D eigenvalue weighted by atomic mass is 35.5. The number of benzene rings is 1. The molecule has 0 unspecified atom stereocenters. The number of nitrogens with one attached hydrogen (secondary N) is 1. The largest absolute Gasteiger partial charge is 0.324 e. The second kappa shape index (κ2) is 6.47. The molecule has 0 atom stereocenters. The Kier molecular flexibility index (Phi) is 4.91. The zero-order valence-corrected chi connectivity index (χ0v) is 12.5. The summed E-state index contributed by atoms with van der Waals surface area (Å²) in [7, 11) is 0. The van der Waals surface area contributed by atoms with E-state index in [1.807, 2.05) is 0 Å². The van der Waals surface area contributed by atoms with Gasteiger partial charge in [0.05, 0.1) is 21.6 Å². The van der Waals surface area contributed by atoms with Gasteiger partial charge in [-0.1, -0.05) is 23.2 Å². The van der Waals surface area contributed by atoms with Crippen LogP contribution < -0.4 is 5.32 Å². The maximum atomic E-state index is 11.8. The van der Waals surface area contributed by atoms with Crippen LogP contribution in [0.25, 0.3) is 0 Å². The molecule has 1 aliphatic heterocycles. The van der Waals surface area contributed by atoms with Crippen molar-refractivity contribution in [1.82, 2.24) is 4.90 Å². The second-order valence-corrected chi connectivity index (χ2v) is 5.84. The van der Waals surface area contributed by atoms with Gasteiger partial charge in [-0.05, 0) is 18.2 Å². The molecule has 3 amide bonds. The van der Waals surface area contributed by atoms with E-state index in [0.717, 1.165) is 4.90 Å². The van der Waals surface area contributed by atoms with Crippen LogP contribution in [0.3, 0.4) is 0 Å². The van der Waals surface area contributed by atoms with Crippen molar-refractivity contribution >= 4 is 58.4 Å². The van der Waals surface area contributed by atoms with Gasteiger partial charge in [-0.2, -0.15) is 0 Å². The lowest BCUT2D eigenvalue weighted by atomic mass is 10.3. The summed E-state index contributed by atoms with van der Waals surface area (Å²) in [5, 5.41) is 3.25. The normalized spacial score (nSPS) is 15.4. The number of carbonyl (C=O) groups is 3. The summed E-state index contributed by atoms with van der Waals surface area (Å²) < 4.78 is 0. The highest BCUT2D eigenvalue weighted by Crippen LogP contribution is 2.25. The SMILES string of the molecule is O=C(CN1C(=O)CSCC1=O)Nc1ccc(Cl)c(Cl)c1. The standard InChI is InChI=1S/C12H10Cl2N2O3S/c13-8-2-1-7(3-9(8)14)15-10(17)4-16-11(18)5-20-6-12(16)19/h1-3H,4-6H2,(H,15,17). The van der Waals surface area contributed by atoms with E-state index in [1.54, 1.807) is 12.1 Å². The smallest absolute Gasteiger partial charge is 0.244 e. The number of halogens is 2.